The van der Waals surface area contributed by atoms with E-state index in [1.54, 1.807) is 12.3 Å². The summed E-state index contributed by atoms with van der Waals surface area (Å²) in [7, 11) is 0. The van der Waals surface area contributed by atoms with Crippen LogP contribution in [0.5, 0.6) is 0 Å². The van der Waals surface area contributed by atoms with Crippen molar-refractivity contribution in [3.63, 3.8) is 0 Å². The van der Waals surface area contributed by atoms with Crippen molar-refractivity contribution in [2.24, 2.45) is 0 Å². The lowest BCUT2D eigenvalue weighted by molar-refractivity contribution is 0.563. The largest absolute Gasteiger partial charge is 0.306 e. The van der Waals surface area contributed by atoms with Crippen LogP contribution < -0.4 is 0 Å². The second kappa shape index (κ2) is 3.59. The molecule has 1 unspecified atom stereocenters. The number of rotatable bonds is 2. The van der Waals surface area contributed by atoms with Crippen molar-refractivity contribution >= 4 is 11.1 Å². The Morgan fingerprint density at radius 1 is 1.73 bits per heavy atom. The molecular weight excluding hydrogens is 162 g/mol. The predicted octanol–water partition coefficient (Wildman–Crippen LogP) is 1.11. The monoisotopic (exact) mass is 171 g/mol. The molecule has 0 aliphatic heterocycles. The molecule has 1 aromatic rings. The van der Waals surface area contributed by atoms with Gasteiger partial charge in [0.1, 0.15) is 0 Å². The van der Waals surface area contributed by atoms with E-state index in [1.807, 2.05) is 13.0 Å². The molecule has 3 nitrogen and oxygen atoms in total. The minimum atomic E-state index is -1.79. The van der Waals surface area contributed by atoms with Crippen LogP contribution in [0.4, 0.5) is 0 Å². The molecular formula is C7H9NO2S. The minimum absolute atomic E-state index is 0.113. The van der Waals surface area contributed by atoms with Gasteiger partial charge in [0.25, 0.3) is 0 Å². The van der Waals surface area contributed by atoms with Crippen LogP contribution in [-0.4, -0.2) is 13.7 Å². The number of hydrogen-bond acceptors (Lipinski definition) is 2. The fourth-order valence-corrected chi connectivity index (χ4v) is 1.22. The predicted molar refractivity (Wildman–Crippen MR) is 43.4 cm³/mol. The Labute approximate surface area is 67.8 Å². The van der Waals surface area contributed by atoms with Gasteiger partial charge in [0.15, 0.2) is 11.1 Å². The lowest BCUT2D eigenvalue weighted by Gasteiger charge is -1.96. The highest BCUT2D eigenvalue weighted by molar-refractivity contribution is 7.78. The van der Waals surface area contributed by atoms with Gasteiger partial charge in [0, 0.05) is 6.20 Å². The topological polar surface area (TPSA) is 50.2 Å². The first-order valence-electron chi connectivity index (χ1n) is 3.17. The van der Waals surface area contributed by atoms with Gasteiger partial charge in [0.05, 0.1) is 11.4 Å². The Balaban J connectivity index is 2.79. The summed E-state index contributed by atoms with van der Waals surface area (Å²) in [5.41, 5.74) is 1.71. The third-order valence-electron chi connectivity index (χ3n) is 1.24. The molecule has 1 aromatic heterocycles. The van der Waals surface area contributed by atoms with E-state index in [2.05, 4.69) is 4.98 Å². The molecule has 60 valence electrons. The molecule has 1 atom stereocenters. The van der Waals surface area contributed by atoms with Gasteiger partial charge in [-0.1, -0.05) is 0 Å². The third-order valence-corrected chi connectivity index (χ3v) is 1.79. The summed E-state index contributed by atoms with van der Waals surface area (Å²) in [6, 6.07) is 3.65. The van der Waals surface area contributed by atoms with Crippen molar-refractivity contribution in [3.8, 4) is 0 Å². The van der Waals surface area contributed by atoms with Gasteiger partial charge in [-0.15, -0.1) is 0 Å². The Morgan fingerprint density at radius 2 is 2.45 bits per heavy atom. The van der Waals surface area contributed by atoms with E-state index in [0.29, 0.717) is 5.69 Å². The van der Waals surface area contributed by atoms with Crippen molar-refractivity contribution in [1.29, 1.82) is 0 Å². The standard InChI is InChI=1S/C7H9NO2S/c1-6-2-3-8-7(4-6)5-11(9)10/h2-4H,5H2,1H3,(H,9,10). The molecule has 1 N–H and O–H groups in total. The van der Waals surface area contributed by atoms with Crippen molar-refractivity contribution in [1.82, 2.24) is 4.98 Å². The first kappa shape index (κ1) is 8.36. The Kier molecular flexibility index (Phi) is 2.73. The zero-order valence-corrected chi connectivity index (χ0v) is 6.97. The van der Waals surface area contributed by atoms with Crippen LogP contribution in [0.15, 0.2) is 18.3 Å². The highest BCUT2D eigenvalue weighted by atomic mass is 32.2. The molecule has 0 fully saturated rings. The summed E-state index contributed by atoms with van der Waals surface area (Å²) in [6.07, 6.45) is 1.64. The number of nitrogens with zero attached hydrogens (tertiary/aromatic N) is 1. The van der Waals surface area contributed by atoms with Crippen molar-refractivity contribution in [3.05, 3.63) is 29.6 Å². The van der Waals surface area contributed by atoms with Crippen LogP contribution in [-0.2, 0) is 16.8 Å². The highest BCUT2D eigenvalue weighted by Gasteiger charge is 1.97. The Hall–Kier alpha value is -0.740. The second-order valence-electron chi connectivity index (χ2n) is 2.29. The van der Waals surface area contributed by atoms with E-state index >= 15 is 0 Å². The van der Waals surface area contributed by atoms with Crippen LogP contribution >= 0.6 is 0 Å². The minimum Gasteiger partial charge on any atom is -0.306 e. The maximum atomic E-state index is 10.4. The number of pyridine rings is 1. The molecule has 0 aliphatic carbocycles. The van der Waals surface area contributed by atoms with Gasteiger partial charge in [-0.2, -0.15) is 0 Å². The van der Waals surface area contributed by atoms with E-state index in [0.717, 1.165) is 5.56 Å². The average Bonchev–Trinajstić information content (AvgIpc) is 1.85. The molecule has 0 saturated heterocycles. The smallest absolute Gasteiger partial charge is 0.158 e. The molecule has 0 bridgehead atoms. The van der Waals surface area contributed by atoms with E-state index in [1.165, 1.54) is 0 Å². The molecule has 1 rings (SSSR count). The van der Waals surface area contributed by atoms with Crippen LogP contribution in [0.1, 0.15) is 11.3 Å². The van der Waals surface area contributed by atoms with Gasteiger partial charge in [-0.05, 0) is 24.6 Å². The van der Waals surface area contributed by atoms with Gasteiger partial charge in [-0.3, -0.25) is 4.98 Å². The summed E-state index contributed by atoms with van der Waals surface area (Å²) in [5.74, 6) is 0.113. The Morgan fingerprint density at radius 3 is 3.00 bits per heavy atom. The van der Waals surface area contributed by atoms with Gasteiger partial charge < -0.3 is 4.55 Å². The molecule has 11 heavy (non-hydrogen) atoms. The lowest BCUT2D eigenvalue weighted by Crippen LogP contribution is -1.95. The summed E-state index contributed by atoms with van der Waals surface area (Å²) in [6.45, 7) is 1.92. The third kappa shape index (κ3) is 2.78. The van der Waals surface area contributed by atoms with E-state index in [9.17, 15) is 4.21 Å². The maximum absolute atomic E-state index is 10.4. The molecule has 4 heteroatoms. The van der Waals surface area contributed by atoms with Crippen LogP contribution in [0.3, 0.4) is 0 Å². The summed E-state index contributed by atoms with van der Waals surface area (Å²) >= 11 is -1.79. The molecule has 0 aliphatic rings. The molecule has 0 radical (unpaired) electrons. The number of aromatic nitrogens is 1. The van der Waals surface area contributed by atoms with Gasteiger partial charge in [0.2, 0.25) is 0 Å². The fourth-order valence-electron chi connectivity index (χ4n) is 0.804. The first-order chi connectivity index (χ1) is 5.18. The van der Waals surface area contributed by atoms with Crippen molar-refractivity contribution < 1.29 is 8.76 Å². The summed E-state index contributed by atoms with van der Waals surface area (Å²) in [4.78, 5) is 3.93. The Bertz CT molecular complexity index is 275. The summed E-state index contributed by atoms with van der Waals surface area (Å²) in [5, 5.41) is 0. The highest BCUT2D eigenvalue weighted by Crippen LogP contribution is 2.01. The first-order valence-corrected chi connectivity index (χ1v) is 4.45. The van der Waals surface area contributed by atoms with Crippen LogP contribution in [0.2, 0.25) is 0 Å². The SMILES string of the molecule is Cc1ccnc(CS(=O)O)c1. The fraction of sp³-hybridized carbons (Fsp3) is 0.286. The number of hydrogen-bond donors (Lipinski definition) is 1. The summed E-state index contributed by atoms with van der Waals surface area (Å²) < 4.78 is 18.9. The number of aryl methyl sites for hydroxylation is 1. The lowest BCUT2D eigenvalue weighted by atomic mass is 10.3. The van der Waals surface area contributed by atoms with Gasteiger partial charge >= 0.3 is 0 Å². The average molecular weight is 171 g/mol. The molecule has 0 aromatic carbocycles. The normalized spacial score (nSPS) is 12.9. The van der Waals surface area contributed by atoms with E-state index in [4.69, 9.17) is 4.55 Å². The maximum Gasteiger partial charge on any atom is 0.158 e. The molecule has 1 heterocycles. The van der Waals surface area contributed by atoms with E-state index in [-0.39, 0.29) is 5.75 Å². The van der Waals surface area contributed by atoms with Crippen LogP contribution in [0.25, 0.3) is 0 Å². The van der Waals surface area contributed by atoms with Crippen molar-refractivity contribution in [2.45, 2.75) is 12.7 Å². The zero-order valence-electron chi connectivity index (χ0n) is 6.15. The van der Waals surface area contributed by atoms with Crippen LogP contribution in [0, 0.1) is 6.92 Å². The van der Waals surface area contributed by atoms with E-state index < -0.39 is 11.1 Å². The quantitative estimate of drug-likeness (QED) is 0.678. The van der Waals surface area contributed by atoms with Gasteiger partial charge in [-0.25, -0.2) is 4.21 Å². The molecule has 0 spiro atoms. The second-order valence-corrected chi connectivity index (χ2v) is 3.22. The zero-order chi connectivity index (χ0) is 8.27. The molecule has 0 saturated carbocycles. The van der Waals surface area contributed by atoms with Crippen molar-refractivity contribution in [2.75, 3.05) is 0 Å². The molecule has 0 amide bonds.